The van der Waals surface area contributed by atoms with Crippen LogP contribution in [0.15, 0.2) is 30.3 Å². The first-order valence-corrected chi connectivity index (χ1v) is 8.22. The molecule has 0 radical (unpaired) electrons. The molecular formula is C18H7F12NO2. The summed E-state index contributed by atoms with van der Waals surface area (Å²) in [5, 5.41) is 0. The lowest BCUT2D eigenvalue weighted by Gasteiger charge is -2.14. The summed E-state index contributed by atoms with van der Waals surface area (Å²) in [6.07, 6.45) is -23.2. The van der Waals surface area contributed by atoms with Gasteiger partial charge < -0.3 is 0 Å². The van der Waals surface area contributed by atoms with E-state index in [1.165, 1.54) is 0 Å². The minimum atomic E-state index is -5.44. The third-order valence-corrected chi connectivity index (χ3v) is 3.96. The van der Waals surface area contributed by atoms with E-state index in [1.54, 1.807) is 0 Å². The summed E-state index contributed by atoms with van der Waals surface area (Å²) in [4.78, 5) is 26.6. The molecule has 0 aliphatic heterocycles. The highest BCUT2D eigenvalue weighted by Gasteiger charge is 2.40. The molecule has 1 aromatic heterocycles. The molecule has 0 unspecified atom stereocenters. The van der Waals surface area contributed by atoms with Gasteiger partial charge in [-0.3, -0.25) is 9.59 Å². The van der Waals surface area contributed by atoms with E-state index in [0.717, 1.165) is 0 Å². The fourth-order valence-electron chi connectivity index (χ4n) is 2.45. The highest BCUT2D eigenvalue weighted by atomic mass is 19.4. The molecule has 3 nitrogen and oxygen atoms in total. The van der Waals surface area contributed by atoms with Crippen molar-refractivity contribution in [3.63, 3.8) is 0 Å². The summed E-state index contributed by atoms with van der Waals surface area (Å²) in [5.41, 5.74) is -10.7. The Morgan fingerprint density at radius 2 is 0.879 bits per heavy atom. The zero-order chi connectivity index (χ0) is 25.6. The van der Waals surface area contributed by atoms with E-state index in [1.807, 2.05) is 0 Å². The zero-order valence-electron chi connectivity index (χ0n) is 15.4. The van der Waals surface area contributed by atoms with Gasteiger partial charge in [-0.1, -0.05) is 0 Å². The SMILES string of the molecule is O=C(CC(=O)c1cc(C(F)(F)F)nc(C(F)(F)F)c1)c1cc(C(F)(F)F)cc(C(F)(F)F)c1. The number of nitrogens with zero attached hydrogens (tertiary/aromatic N) is 1. The van der Waals surface area contributed by atoms with Gasteiger partial charge in [-0.15, -0.1) is 0 Å². The number of benzene rings is 1. The number of pyridine rings is 1. The molecule has 2 rings (SSSR count). The van der Waals surface area contributed by atoms with Gasteiger partial charge in [-0.2, -0.15) is 52.7 Å². The van der Waals surface area contributed by atoms with E-state index < -0.39 is 76.3 Å². The van der Waals surface area contributed by atoms with Gasteiger partial charge in [0.25, 0.3) is 0 Å². The molecule has 0 spiro atoms. The Morgan fingerprint density at radius 1 is 0.545 bits per heavy atom. The average Bonchev–Trinajstić information content (AvgIpc) is 2.64. The molecule has 0 saturated heterocycles. The number of ketones is 2. The Labute approximate surface area is 175 Å². The number of alkyl halides is 12. The highest BCUT2D eigenvalue weighted by molar-refractivity contribution is 6.13. The van der Waals surface area contributed by atoms with Crippen molar-refractivity contribution in [2.45, 2.75) is 31.1 Å². The van der Waals surface area contributed by atoms with Crippen molar-refractivity contribution in [2.75, 3.05) is 0 Å². The van der Waals surface area contributed by atoms with Crippen molar-refractivity contribution in [2.24, 2.45) is 0 Å². The highest BCUT2D eigenvalue weighted by Crippen LogP contribution is 2.37. The molecule has 0 amide bonds. The van der Waals surface area contributed by atoms with Crippen LogP contribution in [0.4, 0.5) is 52.7 Å². The maximum absolute atomic E-state index is 12.9. The van der Waals surface area contributed by atoms with Crippen LogP contribution in [0, 0.1) is 0 Å². The fourth-order valence-corrected chi connectivity index (χ4v) is 2.45. The summed E-state index contributed by atoms with van der Waals surface area (Å²) >= 11 is 0. The predicted molar refractivity (Wildman–Crippen MR) is 84.0 cm³/mol. The molecule has 0 atom stereocenters. The van der Waals surface area contributed by atoms with E-state index in [4.69, 9.17) is 0 Å². The molecule has 33 heavy (non-hydrogen) atoms. The first kappa shape index (κ1) is 26.1. The molecule has 0 saturated carbocycles. The van der Waals surface area contributed by atoms with Crippen LogP contribution in [-0.2, 0) is 24.7 Å². The first-order valence-electron chi connectivity index (χ1n) is 8.22. The van der Waals surface area contributed by atoms with E-state index in [0.29, 0.717) is 0 Å². The van der Waals surface area contributed by atoms with Crippen molar-refractivity contribution in [1.29, 1.82) is 0 Å². The number of hydrogen-bond acceptors (Lipinski definition) is 3. The van der Waals surface area contributed by atoms with Crippen molar-refractivity contribution in [3.05, 3.63) is 64.0 Å². The molecule has 0 aliphatic rings. The van der Waals surface area contributed by atoms with Crippen LogP contribution in [0.5, 0.6) is 0 Å². The Kier molecular flexibility index (Phi) is 6.60. The van der Waals surface area contributed by atoms with Gasteiger partial charge in [0.15, 0.2) is 11.6 Å². The molecule has 1 aromatic carbocycles. The van der Waals surface area contributed by atoms with Crippen LogP contribution in [0.25, 0.3) is 0 Å². The molecule has 0 bridgehead atoms. The van der Waals surface area contributed by atoms with Crippen LogP contribution < -0.4 is 0 Å². The lowest BCUT2D eigenvalue weighted by atomic mass is 9.97. The van der Waals surface area contributed by atoms with Gasteiger partial charge in [0.1, 0.15) is 11.4 Å². The molecule has 0 aliphatic carbocycles. The topological polar surface area (TPSA) is 47.0 Å². The van der Waals surface area contributed by atoms with Crippen LogP contribution in [0.2, 0.25) is 0 Å². The minimum Gasteiger partial charge on any atom is -0.294 e. The third-order valence-electron chi connectivity index (χ3n) is 3.96. The van der Waals surface area contributed by atoms with Crippen LogP contribution in [0.1, 0.15) is 49.7 Å². The van der Waals surface area contributed by atoms with Crippen molar-refractivity contribution in [1.82, 2.24) is 4.98 Å². The molecule has 15 heteroatoms. The summed E-state index contributed by atoms with van der Waals surface area (Å²) in [6.45, 7) is 0. The molecular weight excluding hydrogens is 490 g/mol. The maximum atomic E-state index is 12.9. The van der Waals surface area contributed by atoms with Crippen LogP contribution in [-0.4, -0.2) is 16.6 Å². The molecule has 180 valence electrons. The lowest BCUT2D eigenvalue weighted by Crippen LogP contribution is -2.18. The Hall–Kier alpha value is -3.13. The van der Waals surface area contributed by atoms with Gasteiger partial charge in [-0.25, -0.2) is 4.98 Å². The van der Waals surface area contributed by atoms with Gasteiger partial charge in [0.2, 0.25) is 0 Å². The molecule has 0 fully saturated rings. The van der Waals surface area contributed by atoms with Crippen LogP contribution >= 0.6 is 0 Å². The molecule has 0 N–H and O–H groups in total. The zero-order valence-corrected chi connectivity index (χ0v) is 15.4. The maximum Gasteiger partial charge on any atom is 0.433 e. The Morgan fingerprint density at radius 3 is 1.18 bits per heavy atom. The van der Waals surface area contributed by atoms with E-state index in [9.17, 15) is 62.3 Å². The van der Waals surface area contributed by atoms with Gasteiger partial charge >= 0.3 is 24.7 Å². The largest absolute Gasteiger partial charge is 0.433 e. The third kappa shape index (κ3) is 6.44. The second kappa shape index (κ2) is 8.33. The monoisotopic (exact) mass is 497 g/mol. The van der Waals surface area contributed by atoms with Gasteiger partial charge in [0.05, 0.1) is 17.5 Å². The summed E-state index contributed by atoms with van der Waals surface area (Å²) in [5.74, 6) is -3.42. The van der Waals surface area contributed by atoms with E-state index in [2.05, 4.69) is 4.98 Å². The smallest absolute Gasteiger partial charge is 0.294 e. The number of aromatic nitrogens is 1. The van der Waals surface area contributed by atoms with Crippen molar-refractivity contribution in [3.8, 4) is 0 Å². The second-order valence-electron chi connectivity index (χ2n) is 6.44. The number of halogens is 12. The summed E-state index contributed by atoms with van der Waals surface area (Å²) in [7, 11) is 0. The summed E-state index contributed by atoms with van der Waals surface area (Å²) < 4.78 is 154. The van der Waals surface area contributed by atoms with Gasteiger partial charge in [0, 0.05) is 11.1 Å². The van der Waals surface area contributed by atoms with Crippen molar-refractivity contribution >= 4 is 11.6 Å². The van der Waals surface area contributed by atoms with Gasteiger partial charge in [-0.05, 0) is 30.3 Å². The quantitative estimate of drug-likeness (QED) is 0.271. The average molecular weight is 497 g/mol. The normalized spacial score (nSPS) is 13.2. The fraction of sp³-hybridized carbons (Fsp3) is 0.278. The summed E-state index contributed by atoms with van der Waals surface area (Å²) in [6, 6.07) is -0.623. The van der Waals surface area contributed by atoms with E-state index >= 15 is 0 Å². The number of hydrogen-bond donors (Lipinski definition) is 0. The first-order chi connectivity index (χ1) is 14.7. The molecule has 1 heterocycles. The number of carbonyl (C=O) groups excluding carboxylic acids is 2. The predicted octanol–water partition coefficient (Wildman–Crippen LogP) is 6.61. The lowest BCUT2D eigenvalue weighted by molar-refractivity contribution is -0.150. The standard InChI is InChI=1S/C18H7F12NO2/c19-15(20,21)9-1-7(2-10(5-9)16(22,23)24)11(32)6-12(33)8-3-13(17(25,26)27)31-14(4-8)18(28,29)30/h1-5H,6H2. The van der Waals surface area contributed by atoms with Crippen LogP contribution in [0.3, 0.4) is 0 Å². The Balaban J connectivity index is 2.49. The second-order valence-corrected chi connectivity index (χ2v) is 6.44. The van der Waals surface area contributed by atoms with Crippen molar-refractivity contribution < 1.29 is 62.3 Å². The van der Waals surface area contributed by atoms with E-state index in [-0.39, 0.29) is 30.3 Å². The number of rotatable bonds is 4. The molecule has 2 aromatic rings. The number of carbonyl (C=O) groups is 2. The number of Topliss-reactive ketones (excluding diaryl/α,β-unsaturated/α-hetero) is 2. The Bertz CT molecular complexity index is 928. The minimum absolute atomic E-state index is 0.0281.